The molecule has 0 spiro atoms. The molecule has 0 aromatic carbocycles. The van der Waals surface area contributed by atoms with Crippen molar-refractivity contribution in [1.29, 1.82) is 0 Å². The molecule has 6 heavy (non-hydrogen) atoms. The van der Waals surface area contributed by atoms with Crippen LogP contribution < -0.4 is 37.7 Å². The van der Waals surface area contributed by atoms with Crippen molar-refractivity contribution in [3.8, 4) is 0 Å². The van der Waals surface area contributed by atoms with Gasteiger partial charge in [-0.15, -0.1) is 0 Å². The first-order chi connectivity index (χ1) is 2.00. The summed E-state index contributed by atoms with van der Waals surface area (Å²) in [5.74, 6) is 0. The van der Waals surface area contributed by atoms with Crippen molar-refractivity contribution >= 4 is 0 Å². The quantitative estimate of drug-likeness (QED) is 0.335. The van der Waals surface area contributed by atoms with Gasteiger partial charge in [-0.25, -0.2) is 0 Å². The van der Waals surface area contributed by atoms with E-state index in [1.54, 1.807) is 0 Å². The van der Waals surface area contributed by atoms with Crippen LogP contribution >= 0.6 is 0 Å². The molecule has 0 N–H and O–H groups in total. The van der Waals surface area contributed by atoms with Crippen LogP contribution in [0, 0.1) is 0 Å². The van der Waals surface area contributed by atoms with E-state index in [-0.39, 0.29) is 40.6 Å². The zero-order valence-electron chi connectivity index (χ0n) is 5.45. The molecule has 2 nitrogen and oxygen atoms in total. The van der Waals surface area contributed by atoms with E-state index in [4.69, 9.17) is 7.79 Å². The van der Waals surface area contributed by atoms with E-state index in [0.29, 0.717) is 0 Å². The van der Waals surface area contributed by atoms with Crippen LogP contribution in [0.1, 0.15) is 2.85 Å². The van der Waals surface area contributed by atoms with Crippen molar-refractivity contribution in [2.24, 2.45) is 0 Å². The van der Waals surface area contributed by atoms with Crippen molar-refractivity contribution in [2.75, 3.05) is 0 Å². The topological polar surface area (TPSA) is 34.1 Å². The molecule has 0 aromatic rings. The maximum atomic E-state index is 7.88. The Bertz CT molecular complexity index is 18.0. The minimum absolute atomic E-state index is 0. The summed E-state index contributed by atoms with van der Waals surface area (Å²) in [6, 6.07) is 0. The Morgan fingerprint density at radius 2 is 0.833 bits per heavy atom. The Morgan fingerprint density at radius 3 is 0.833 bits per heavy atom. The van der Waals surface area contributed by atoms with Gasteiger partial charge in [-0.2, -0.15) is 0 Å². The molecule has 6 heteroatoms. The summed E-state index contributed by atoms with van der Waals surface area (Å²) in [5.41, 5.74) is 0. The summed E-state index contributed by atoms with van der Waals surface area (Å²) in [6.45, 7) is 0. The third-order valence-electron chi connectivity index (χ3n) is 0. The Kier molecular flexibility index (Phi) is 298. The first kappa shape index (κ1) is 25.0. The molecule has 0 radical (unpaired) electrons. The van der Waals surface area contributed by atoms with Crippen molar-refractivity contribution in [3.05, 3.63) is 0 Å². The molecule has 0 amide bonds. The number of hydrogen-bond donors (Lipinski definition) is 0. The Morgan fingerprint density at radius 1 is 0.833 bits per heavy atom. The minimum atomic E-state index is 0. The van der Waals surface area contributed by atoms with Gasteiger partial charge in [0.2, 0.25) is 0 Å². The van der Waals surface area contributed by atoms with Crippen LogP contribution in [0.5, 0.6) is 0 Å². The standard InChI is InChI=1S/2Li.2Ni.2O.2H/q2*+1;;;;;2*-1. The molecular weight excluding hydrogens is 163 g/mol. The third kappa shape index (κ3) is 41.6. The predicted molar refractivity (Wildman–Crippen MR) is 3.60 cm³/mol. The number of hydrogen-bond acceptors (Lipinski definition) is 2. The molecule has 0 rings (SSSR count). The molecule has 0 aliphatic heterocycles. The van der Waals surface area contributed by atoms with Gasteiger partial charge in [0.25, 0.3) is 0 Å². The molecule has 0 fully saturated rings. The fraction of sp³-hybridized carbons (Fsp3) is 0. The Hall–Kier alpha value is 1.78. The number of rotatable bonds is 0. The summed E-state index contributed by atoms with van der Waals surface area (Å²) in [6.07, 6.45) is 0. The Balaban J connectivity index is -0.00000000167. The van der Waals surface area contributed by atoms with E-state index in [0.717, 1.165) is 0 Å². The first-order valence-electron chi connectivity index (χ1n) is 0.258. The van der Waals surface area contributed by atoms with Gasteiger partial charge in [0.05, 0.1) is 0 Å². The van der Waals surface area contributed by atoms with Gasteiger partial charge < -0.3 is 2.85 Å². The van der Waals surface area contributed by atoms with E-state index < -0.39 is 0 Å². The van der Waals surface area contributed by atoms with Crippen LogP contribution in [-0.4, -0.2) is 0 Å². The second-order valence-electron chi connectivity index (χ2n) is 0. The van der Waals surface area contributed by atoms with Crippen LogP contribution in [0.25, 0.3) is 0 Å². The Labute approximate surface area is 78.6 Å². The van der Waals surface area contributed by atoms with Crippen LogP contribution in [0.15, 0.2) is 0 Å². The molecule has 0 aliphatic carbocycles. The van der Waals surface area contributed by atoms with Crippen molar-refractivity contribution in [3.63, 3.8) is 0 Å². The van der Waals surface area contributed by atoms with E-state index in [2.05, 4.69) is 30.8 Å². The van der Waals surface area contributed by atoms with Gasteiger partial charge in [-0.3, -0.25) is 0 Å². The zero-order valence-corrected chi connectivity index (χ0v) is 5.42. The van der Waals surface area contributed by atoms with E-state index in [1.807, 2.05) is 0 Å². The van der Waals surface area contributed by atoms with Gasteiger partial charge in [0.1, 0.15) is 0 Å². The summed E-state index contributed by atoms with van der Waals surface area (Å²) in [7, 11) is 0. The fourth-order valence-corrected chi connectivity index (χ4v) is 0. The molecule has 0 saturated carbocycles. The average molecular weight is 165 g/mol. The van der Waals surface area contributed by atoms with Crippen LogP contribution in [0.4, 0.5) is 0 Å². The molecule has 0 unspecified atom stereocenters. The molecule has 0 aromatic heterocycles. The van der Waals surface area contributed by atoms with Crippen LogP contribution in [0.2, 0.25) is 0 Å². The van der Waals surface area contributed by atoms with Gasteiger partial charge in [0.15, 0.2) is 0 Å². The maximum absolute atomic E-state index is 7.88. The molecule has 0 atom stereocenters. The summed E-state index contributed by atoms with van der Waals surface area (Å²) in [4.78, 5) is 0. The SMILES string of the molecule is [H-].[H-].[Li+].[Li+].[O]=[Ni].[O]=[Ni]. The summed E-state index contributed by atoms with van der Waals surface area (Å²) in [5, 5.41) is 0. The van der Waals surface area contributed by atoms with Crippen molar-refractivity contribution < 1.29 is 79.2 Å². The van der Waals surface area contributed by atoms with Crippen LogP contribution in [0.3, 0.4) is 0 Å². The zero-order chi connectivity index (χ0) is 4.00. The fourth-order valence-electron chi connectivity index (χ4n) is 0. The first-order valence-corrected chi connectivity index (χ1v) is 1.06. The van der Waals surface area contributed by atoms with Crippen molar-refractivity contribution in [1.82, 2.24) is 0 Å². The van der Waals surface area contributed by atoms with Gasteiger partial charge >= 0.3 is 76.3 Å². The molecule has 0 saturated heterocycles. The van der Waals surface area contributed by atoms with Gasteiger partial charge in [0, 0.05) is 0 Å². The van der Waals surface area contributed by atoms with Gasteiger partial charge in [-0.05, 0) is 0 Å². The molecule has 0 aliphatic rings. The van der Waals surface area contributed by atoms with Gasteiger partial charge in [-0.1, -0.05) is 0 Å². The molecule has 0 bridgehead atoms. The molecule has 36 valence electrons. The molecular formula is H2Li2Ni2O2. The van der Waals surface area contributed by atoms with Crippen molar-refractivity contribution in [2.45, 2.75) is 0 Å². The predicted octanol–water partition coefficient (Wildman–Crippen LogP) is -6.01. The normalized spacial score (nSPS) is 2.00. The second kappa shape index (κ2) is 71.4. The van der Waals surface area contributed by atoms with E-state index in [9.17, 15) is 0 Å². The monoisotopic (exact) mass is 164 g/mol. The van der Waals surface area contributed by atoms with E-state index >= 15 is 0 Å². The molecule has 0 heterocycles. The summed E-state index contributed by atoms with van der Waals surface area (Å²) >= 11 is 5.25. The summed E-state index contributed by atoms with van der Waals surface area (Å²) < 4.78 is 15.8. The second-order valence-corrected chi connectivity index (χ2v) is 0. The van der Waals surface area contributed by atoms with E-state index in [1.165, 1.54) is 0 Å². The average Bonchev–Trinajstić information content (AvgIpc) is 1.50. The van der Waals surface area contributed by atoms with Crippen LogP contribution in [-0.2, 0) is 38.6 Å². The third-order valence-corrected chi connectivity index (χ3v) is 0.